The minimum atomic E-state index is -0.195. The van der Waals surface area contributed by atoms with Crippen molar-refractivity contribution >= 4 is 0 Å². The van der Waals surface area contributed by atoms with Crippen LogP contribution >= 0.6 is 0 Å². The minimum Gasteiger partial charge on any atom is -0.393 e. The molecule has 1 rings (SSSR count). The molecule has 0 radical (unpaired) electrons. The van der Waals surface area contributed by atoms with E-state index in [0.717, 1.165) is 19.5 Å². The van der Waals surface area contributed by atoms with Gasteiger partial charge in [0.05, 0.1) is 6.10 Å². The molecule has 4 unspecified atom stereocenters. The van der Waals surface area contributed by atoms with Gasteiger partial charge in [0.15, 0.2) is 0 Å². The number of piperazine rings is 1. The third kappa shape index (κ3) is 3.63. The number of hydrogen-bond acceptors (Lipinski definition) is 3. The Morgan fingerprint density at radius 3 is 2.62 bits per heavy atom. The van der Waals surface area contributed by atoms with E-state index < -0.39 is 0 Å². The van der Waals surface area contributed by atoms with E-state index in [1.165, 1.54) is 0 Å². The molecule has 78 valence electrons. The van der Waals surface area contributed by atoms with Crippen LogP contribution in [0.5, 0.6) is 0 Å². The summed E-state index contributed by atoms with van der Waals surface area (Å²) < 4.78 is 0. The maximum Gasteiger partial charge on any atom is 0.0538 e. The molecular formula is C10H22N2O. The first-order chi connectivity index (χ1) is 6.09. The summed E-state index contributed by atoms with van der Waals surface area (Å²) >= 11 is 0. The number of rotatable bonds is 3. The zero-order valence-electron chi connectivity index (χ0n) is 8.88. The van der Waals surface area contributed by atoms with Crippen LogP contribution in [-0.2, 0) is 0 Å². The number of hydrogen-bond donors (Lipinski definition) is 3. The van der Waals surface area contributed by atoms with Crippen molar-refractivity contribution in [3.8, 4) is 0 Å². The molecule has 1 aliphatic rings. The number of aliphatic hydroxyl groups excluding tert-OH is 1. The molecule has 0 amide bonds. The van der Waals surface area contributed by atoms with Gasteiger partial charge in [-0.1, -0.05) is 6.92 Å². The first kappa shape index (κ1) is 11.0. The van der Waals surface area contributed by atoms with Gasteiger partial charge in [0.2, 0.25) is 0 Å². The zero-order chi connectivity index (χ0) is 9.84. The van der Waals surface area contributed by atoms with Crippen molar-refractivity contribution < 1.29 is 5.11 Å². The van der Waals surface area contributed by atoms with Crippen LogP contribution in [0.3, 0.4) is 0 Å². The van der Waals surface area contributed by atoms with Gasteiger partial charge in [0.1, 0.15) is 0 Å². The molecule has 0 aliphatic carbocycles. The Morgan fingerprint density at radius 1 is 1.38 bits per heavy atom. The molecule has 1 heterocycles. The predicted octanol–water partition coefficient (Wildman–Crippen LogP) is 0.343. The average Bonchev–Trinajstić information content (AvgIpc) is 2.04. The van der Waals surface area contributed by atoms with Crippen molar-refractivity contribution in [1.29, 1.82) is 0 Å². The highest BCUT2D eigenvalue weighted by atomic mass is 16.3. The van der Waals surface area contributed by atoms with Gasteiger partial charge in [-0.25, -0.2) is 0 Å². The van der Waals surface area contributed by atoms with Crippen LogP contribution in [0, 0.1) is 5.92 Å². The highest BCUT2D eigenvalue weighted by Gasteiger charge is 2.20. The van der Waals surface area contributed by atoms with E-state index >= 15 is 0 Å². The third-order valence-corrected chi connectivity index (χ3v) is 2.84. The minimum absolute atomic E-state index is 0.195. The van der Waals surface area contributed by atoms with Crippen LogP contribution in [0.15, 0.2) is 0 Å². The molecule has 4 atom stereocenters. The molecule has 0 aromatic rings. The quantitative estimate of drug-likeness (QED) is 0.595. The summed E-state index contributed by atoms with van der Waals surface area (Å²) in [6, 6.07) is 1.08. The van der Waals surface area contributed by atoms with Gasteiger partial charge in [0.25, 0.3) is 0 Å². The first-order valence-corrected chi connectivity index (χ1v) is 5.24. The molecule has 0 aromatic carbocycles. The monoisotopic (exact) mass is 186 g/mol. The van der Waals surface area contributed by atoms with E-state index in [2.05, 4.69) is 24.5 Å². The lowest BCUT2D eigenvalue weighted by atomic mass is 9.95. The van der Waals surface area contributed by atoms with E-state index in [-0.39, 0.29) is 6.10 Å². The van der Waals surface area contributed by atoms with Crippen molar-refractivity contribution in [2.45, 2.75) is 45.4 Å². The van der Waals surface area contributed by atoms with E-state index in [0.29, 0.717) is 18.0 Å². The Balaban J connectivity index is 2.27. The summed E-state index contributed by atoms with van der Waals surface area (Å²) in [5.41, 5.74) is 0. The number of aliphatic hydroxyl groups is 1. The predicted molar refractivity (Wildman–Crippen MR) is 54.7 cm³/mol. The smallest absolute Gasteiger partial charge is 0.0538 e. The molecule has 3 heteroatoms. The Morgan fingerprint density at radius 2 is 2.08 bits per heavy atom. The topological polar surface area (TPSA) is 44.3 Å². The highest BCUT2D eigenvalue weighted by Crippen LogP contribution is 2.12. The summed E-state index contributed by atoms with van der Waals surface area (Å²) in [6.07, 6.45) is 0.855. The molecule has 3 nitrogen and oxygen atoms in total. The molecule has 3 N–H and O–H groups in total. The van der Waals surface area contributed by atoms with Crippen LogP contribution in [0.1, 0.15) is 27.2 Å². The molecule has 0 spiro atoms. The van der Waals surface area contributed by atoms with E-state index in [4.69, 9.17) is 0 Å². The van der Waals surface area contributed by atoms with Gasteiger partial charge in [-0.2, -0.15) is 0 Å². The zero-order valence-corrected chi connectivity index (χ0v) is 8.88. The van der Waals surface area contributed by atoms with Crippen LogP contribution in [-0.4, -0.2) is 36.4 Å². The van der Waals surface area contributed by atoms with Gasteiger partial charge in [-0.3, -0.25) is 0 Å². The second-order valence-electron chi connectivity index (χ2n) is 4.38. The SMILES string of the molecule is CC1CNCC(CC(C)C(C)O)N1. The van der Waals surface area contributed by atoms with Crippen LogP contribution in [0.25, 0.3) is 0 Å². The summed E-state index contributed by atoms with van der Waals surface area (Å²) in [5.74, 6) is 0.379. The van der Waals surface area contributed by atoms with Gasteiger partial charge in [-0.05, 0) is 26.2 Å². The second kappa shape index (κ2) is 4.94. The normalized spacial score (nSPS) is 34.2. The summed E-state index contributed by atoms with van der Waals surface area (Å²) in [5, 5.41) is 16.3. The van der Waals surface area contributed by atoms with E-state index in [1.54, 1.807) is 0 Å². The van der Waals surface area contributed by atoms with Crippen LogP contribution in [0.2, 0.25) is 0 Å². The fraction of sp³-hybridized carbons (Fsp3) is 1.00. The molecular weight excluding hydrogens is 164 g/mol. The maximum atomic E-state index is 9.37. The average molecular weight is 186 g/mol. The Bertz CT molecular complexity index is 150. The maximum absolute atomic E-state index is 9.37. The van der Waals surface area contributed by atoms with E-state index in [9.17, 15) is 5.11 Å². The summed E-state index contributed by atoms with van der Waals surface area (Å²) in [4.78, 5) is 0. The fourth-order valence-electron chi connectivity index (χ4n) is 1.79. The van der Waals surface area contributed by atoms with Crippen LogP contribution in [0.4, 0.5) is 0 Å². The summed E-state index contributed by atoms with van der Waals surface area (Å²) in [6.45, 7) is 8.24. The van der Waals surface area contributed by atoms with Gasteiger partial charge >= 0.3 is 0 Å². The largest absolute Gasteiger partial charge is 0.393 e. The van der Waals surface area contributed by atoms with Gasteiger partial charge in [0, 0.05) is 25.2 Å². The molecule has 0 bridgehead atoms. The Hall–Kier alpha value is -0.120. The molecule has 1 aliphatic heterocycles. The summed E-state index contributed by atoms with van der Waals surface area (Å²) in [7, 11) is 0. The lowest BCUT2D eigenvalue weighted by molar-refractivity contribution is 0.119. The lowest BCUT2D eigenvalue weighted by Crippen LogP contribution is -2.54. The Labute approximate surface area is 80.9 Å². The standard InChI is InChI=1S/C10H22N2O/c1-7(9(3)13)4-10-6-11-5-8(2)12-10/h7-13H,4-6H2,1-3H3. The van der Waals surface area contributed by atoms with Crippen molar-refractivity contribution in [2.24, 2.45) is 5.92 Å². The molecule has 0 saturated carbocycles. The first-order valence-electron chi connectivity index (χ1n) is 5.24. The van der Waals surface area contributed by atoms with Crippen molar-refractivity contribution in [3.05, 3.63) is 0 Å². The van der Waals surface area contributed by atoms with Crippen molar-refractivity contribution in [1.82, 2.24) is 10.6 Å². The molecule has 0 aromatic heterocycles. The Kier molecular flexibility index (Phi) is 4.16. The second-order valence-corrected chi connectivity index (χ2v) is 4.38. The highest BCUT2D eigenvalue weighted by molar-refractivity contribution is 4.82. The van der Waals surface area contributed by atoms with E-state index in [1.807, 2.05) is 6.92 Å². The van der Waals surface area contributed by atoms with Gasteiger partial charge < -0.3 is 15.7 Å². The molecule has 1 fully saturated rings. The van der Waals surface area contributed by atoms with Gasteiger partial charge in [-0.15, -0.1) is 0 Å². The fourth-order valence-corrected chi connectivity index (χ4v) is 1.79. The van der Waals surface area contributed by atoms with Crippen molar-refractivity contribution in [2.75, 3.05) is 13.1 Å². The lowest BCUT2D eigenvalue weighted by Gasteiger charge is -2.32. The molecule has 13 heavy (non-hydrogen) atoms. The third-order valence-electron chi connectivity index (χ3n) is 2.84. The van der Waals surface area contributed by atoms with Crippen molar-refractivity contribution in [3.63, 3.8) is 0 Å². The number of nitrogens with one attached hydrogen (secondary N) is 2. The molecule has 1 saturated heterocycles. The van der Waals surface area contributed by atoms with Crippen LogP contribution < -0.4 is 10.6 Å².